The molecule has 4 nitrogen and oxygen atoms in total. The van der Waals surface area contributed by atoms with Gasteiger partial charge >= 0.3 is 0 Å². The van der Waals surface area contributed by atoms with Gasteiger partial charge in [-0.2, -0.15) is 0 Å². The Labute approximate surface area is 138 Å². The zero-order chi connectivity index (χ0) is 16.4. The van der Waals surface area contributed by atoms with Crippen LogP contribution in [0.5, 0.6) is 0 Å². The normalized spacial score (nSPS) is 12.0. The van der Waals surface area contributed by atoms with E-state index in [4.69, 9.17) is 0 Å². The van der Waals surface area contributed by atoms with Crippen LogP contribution in [0.2, 0.25) is 0 Å². The summed E-state index contributed by atoms with van der Waals surface area (Å²) in [6, 6.07) is 6.91. The van der Waals surface area contributed by atoms with Crippen LogP contribution in [0.3, 0.4) is 0 Å². The molecule has 1 amide bonds. The van der Waals surface area contributed by atoms with Crippen molar-refractivity contribution in [2.24, 2.45) is 0 Å². The number of pyridine rings is 1. The molecule has 0 saturated heterocycles. The van der Waals surface area contributed by atoms with Crippen molar-refractivity contribution >= 4 is 27.5 Å². The van der Waals surface area contributed by atoms with Crippen molar-refractivity contribution in [1.29, 1.82) is 0 Å². The highest BCUT2D eigenvalue weighted by atomic mass is 79.9. The minimum atomic E-state index is -0.594. The second-order valence-electron chi connectivity index (χ2n) is 5.49. The SMILES string of the molecule is Cc1cc(Br)c(=O)n(C(C)C(=O)Nc2cccc(C)c2C)c1. The van der Waals surface area contributed by atoms with Crippen LogP contribution in [0.4, 0.5) is 5.69 Å². The Morgan fingerprint density at radius 2 is 1.95 bits per heavy atom. The molecule has 0 saturated carbocycles. The molecule has 0 aliphatic heterocycles. The highest BCUT2D eigenvalue weighted by Gasteiger charge is 2.18. The molecule has 116 valence electrons. The van der Waals surface area contributed by atoms with E-state index in [0.717, 1.165) is 22.4 Å². The van der Waals surface area contributed by atoms with E-state index in [1.165, 1.54) is 4.57 Å². The third-order valence-corrected chi connectivity index (χ3v) is 4.36. The molecule has 2 rings (SSSR count). The standard InChI is InChI=1S/C17H19BrN2O2/c1-10-8-14(18)17(22)20(9-10)13(4)16(21)19-15-7-5-6-11(2)12(15)3/h5-9,13H,1-4H3,(H,19,21). The molecule has 1 unspecified atom stereocenters. The van der Waals surface area contributed by atoms with Gasteiger partial charge in [0.25, 0.3) is 5.56 Å². The monoisotopic (exact) mass is 362 g/mol. The fourth-order valence-corrected chi connectivity index (χ4v) is 2.80. The molecular formula is C17H19BrN2O2. The minimum Gasteiger partial charge on any atom is -0.324 e. The van der Waals surface area contributed by atoms with Crippen LogP contribution in [0.25, 0.3) is 0 Å². The topological polar surface area (TPSA) is 51.1 Å². The maximum atomic E-state index is 12.5. The van der Waals surface area contributed by atoms with Crippen molar-refractivity contribution in [3.8, 4) is 0 Å². The van der Waals surface area contributed by atoms with Crippen molar-refractivity contribution in [2.45, 2.75) is 33.7 Å². The molecule has 0 fully saturated rings. The summed E-state index contributed by atoms with van der Waals surface area (Å²) >= 11 is 3.24. The van der Waals surface area contributed by atoms with E-state index in [1.54, 1.807) is 19.2 Å². The smallest absolute Gasteiger partial charge is 0.265 e. The van der Waals surface area contributed by atoms with Crippen LogP contribution in [-0.4, -0.2) is 10.5 Å². The number of carbonyl (C=O) groups excluding carboxylic acids is 1. The summed E-state index contributed by atoms with van der Waals surface area (Å²) in [7, 11) is 0. The van der Waals surface area contributed by atoms with Gasteiger partial charge in [-0.3, -0.25) is 9.59 Å². The predicted octanol–water partition coefficient (Wildman–Crippen LogP) is 3.74. The summed E-state index contributed by atoms with van der Waals surface area (Å²) < 4.78 is 1.90. The molecule has 1 N–H and O–H groups in total. The Bertz CT molecular complexity index is 781. The van der Waals surface area contributed by atoms with E-state index in [0.29, 0.717) is 4.47 Å². The van der Waals surface area contributed by atoms with E-state index in [1.807, 2.05) is 39.0 Å². The van der Waals surface area contributed by atoms with Gasteiger partial charge in [-0.15, -0.1) is 0 Å². The predicted molar refractivity (Wildman–Crippen MR) is 92.4 cm³/mol. The molecule has 0 bridgehead atoms. The summed E-state index contributed by atoms with van der Waals surface area (Å²) in [5.74, 6) is -0.215. The Morgan fingerprint density at radius 1 is 1.27 bits per heavy atom. The van der Waals surface area contributed by atoms with Gasteiger partial charge in [0, 0.05) is 11.9 Å². The highest BCUT2D eigenvalue weighted by molar-refractivity contribution is 9.10. The average Bonchev–Trinajstić information content (AvgIpc) is 2.46. The van der Waals surface area contributed by atoms with Crippen LogP contribution in [0, 0.1) is 20.8 Å². The summed E-state index contributed by atoms with van der Waals surface area (Å²) in [6.07, 6.45) is 1.69. The molecule has 2 aromatic rings. The van der Waals surface area contributed by atoms with E-state index in [9.17, 15) is 9.59 Å². The van der Waals surface area contributed by atoms with Crippen LogP contribution < -0.4 is 10.9 Å². The molecule has 1 aromatic heterocycles. The Balaban J connectivity index is 2.30. The van der Waals surface area contributed by atoms with E-state index >= 15 is 0 Å². The number of amides is 1. The van der Waals surface area contributed by atoms with Crippen LogP contribution in [0.15, 0.2) is 39.7 Å². The quantitative estimate of drug-likeness (QED) is 0.903. The van der Waals surface area contributed by atoms with Crippen LogP contribution in [0.1, 0.15) is 29.7 Å². The molecule has 0 spiro atoms. The molecule has 1 aromatic carbocycles. The van der Waals surface area contributed by atoms with Crippen molar-refractivity contribution in [1.82, 2.24) is 4.57 Å². The largest absolute Gasteiger partial charge is 0.324 e. The zero-order valence-electron chi connectivity index (χ0n) is 13.1. The number of anilines is 1. The van der Waals surface area contributed by atoms with E-state index < -0.39 is 6.04 Å². The first-order valence-electron chi connectivity index (χ1n) is 7.06. The highest BCUT2D eigenvalue weighted by Crippen LogP contribution is 2.19. The lowest BCUT2D eigenvalue weighted by Crippen LogP contribution is -2.32. The maximum Gasteiger partial charge on any atom is 0.265 e. The molecule has 1 heterocycles. The Kier molecular flexibility index (Phi) is 4.86. The second-order valence-corrected chi connectivity index (χ2v) is 6.34. The first-order valence-corrected chi connectivity index (χ1v) is 7.86. The van der Waals surface area contributed by atoms with E-state index in [-0.39, 0.29) is 11.5 Å². The maximum absolute atomic E-state index is 12.5. The molecule has 1 atom stereocenters. The number of aryl methyl sites for hydroxylation is 2. The molecule has 0 aliphatic rings. The number of rotatable bonds is 3. The summed E-state index contributed by atoms with van der Waals surface area (Å²) in [6.45, 7) is 7.56. The van der Waals surface area contributed by atoms with Gasteiger partial charge in [-0.25, -0.2) is 0 Å². The van der Waals surface area contributed by atoms with Gasteiger partial charge in [0.1, 0.15) is 6.04 Å². The fourth-order valence-electron chi connectivity index (χ4n) is 2.24. The van der Waals surface area contributed by atoms with Gasteiger partial charge in [0.05, 0.1) is 4.47 Å². The van der Waals surface area contributed by atoms with Gasteiger partial charge in [-0.05, 0) is 72.4 Å². The molecule has 22 heavy (non-hydrogen) atoms. The third kappa shape index (κ3) is 3.30. The lowest BCUT2D eigenvalue weighted by atomic mass is 10.1. The van der Waals surface area contributed by atoms with Gasteiger partial charge in [0.2, 0.25) is 5.91 Å². The number of nitrogens with one attached hydrogen (secondary N) is 1. The second kappa shape index (κ2) is 6.48. The van der Waals surface area contributed by atoms with Crippen molar-refractivity contribution < 1.29 is 4.79 Å². The molecule has 0 radical (unpaired) electrons. The summed E-state index contributed by atoms with van der Waals surface area (Å²) in [5.41, 5.74) is 3.62. The number of nitrogens with zero attached hydrogens (tertiary/aromatic N) is 1. The van der Waals surface area contributed by atoms with Gasteiger partial charge in [0.15, 0.2) is 0 Å². The minimum absolute atomic E-state index is 0.214. The number of hydrogen-bond acceptors (Lipinski definition) is 2. The first kappa shape index (κ1) is 16.5. The lowest BCUT2D eigenvalue weighted by molar-refractivity contribution is -0.118. The number of benzene rings is 1. The molecule has 5 heteroatoms. The first-order chi connectivity index (χ1) is 10.3. The Hall–Kier alpha value is -1.88. The Morgan fingerprint density at radius 3 is 2.64 bits per heavy atom. The number of aromatic nitrogens is 1. The number of halogens is 1. The molecular weight excluding hydrogens is 344 g/mol. The molecule has 0 aliphatic carbocycles. The van der Waals surface area contributed by atoms with Crippen molar-refractivity contribution in [2.75, 3.05) is 5.32 Å². The van der Waals surface area contributed by atoms with Crippen molar-refractivity contribution in [3.05, 3.63) is 62.0 Å². The average molecular weight is 363 g/mol. The third-order valence-electron chi connectivity index (χ3n) is 3.80. The van der Waals surface area contributed by atoms with Crippen LogP contribution in [-0.2, 0) is 4.79 Å². The fraction of sp³-hybridized carbons (Fsp3) is 0.294. The van der Waals surface area contributed by atoms with Gasteiger partial charge < -0.3 is 9.88 Å². The summed E-state index contributed by atoms with van der Waals surface area (Å²) in [4.78, 5) is 24.6. The zero-order valence-corrected chi connectivity index (χ0v) is 14.7. The number of carbonyl (C=O) groups is 1. The van der Waals surface area contributed by atoms with Gasteiger partial charge in [-0.1, -0.05) is 12.1 Å². The lowest BCUT2D eigenvalue weighted by Gasteiger charge is -2.17. The summed E-state index contributed by atoms with van der Waals surface area (Å²) in [5, 5.41) is 2.90. The van der Waals surface area contributed by atoms with Crippen LogP contribution >= 0.6 is 15.9 Å². The number of hydrogen-bond donors (Lipinski definition) is 1. The van der Waals surface area contributed by atoms with Crippen molar-refractivity contribution in [3.63, 3.8) is 0 Å². The van der Waals surface area contributed by atoms with E-state index in [2.05, 4.69) is 21.2 Å².